The predicted octanol–water partition coefficient (Wildman–Crippen LogP) is 0.210. The molecule has 1 saturated carbocycles. The molecule has 1 aliphatic heterocycles. The minimum absolute atomic E-state index is 0.366. The number of hydrogen-bond donors (Lipinski definition) is 2. The normalized spacial score (nSPS) is 28.5. The molecule has 1 saturated heterocycles. The molecule has 0 aromatic rings. The van der Waals surface area contributed by atoms with Crippen LogP contribution in [0, 0.1) is 0 Å². The van der Waals surface area contributed by atoms with Gasteiger partial charge in [0.25, 0.3) is 0 Å². The third-order valence-corrected chi connectivity index (χ3v) is 3.44. The van der Waals surface area contributed by atoms with Crippen molar-refractivity contribution in [3.05, 3.63) is 0 Å². The van der Waals surface area contributed by atoms with Gasteiger partial charge in [-0.3, -0.25) is 4.90 Å². The summed E-state index contributed by atoms with van der Waals surface area (Å²) in [5, 5.41) is 13.1. The molecule has 4 heteroatoms. The van der Waals surface area contributed by atoms with E-state index in [9.17, 15) is 5.11 Å². The molecule has 16 heavy (non-hydrogen) atoms. The molecule has 2 unspecified atom stereocenters. The fourth-order valence-electron chi connectivity index (χ4n) is 2.34. The van der Waals surface area contributed by atoms with Gasteiger partial charge in [-0.1, -0.05) is 0 Å². The largest absolute Gasteiger partial charge is 0.389 e. The fourth-order valence-corrected chi connectivity index (χ4v) is 2.34. The summed E-state index contributed by atoms with van der Waals surface area (Å²) >= 11 is 0. The highest BCUT2D eigenvalue weighted by molar-refractivity contribution is 4.91. The monoisotopic (exact) mass is 228 g/mol. The van der Waals surface area contributed by atoms with Gasteiger partial charge in [-0.25, -0.2) is 0 Å². The molecule has 2 atom stereocenters. The van der Waals surface area contributed by atoms with Crippen LogP contribution in [-0.4, -0.2) is 61.0 Å². The third kappa shape index (κ3) is 3.70. The van der Waals surface area contributed by atoms with Gasteiger partial charge in [-0.15, -0.1) is 0 Å². The van der Waals surface area contributed by atoms with Crippen LogP contribution >= 0.6 is 0 Å². The van der Waals surface area contributed by atoms with E-state index in [0.29, 0.717) is 25.8 Å². The van der Waals surface area contributed by atoms with Crippen LogP contribution in [0.4, 0.5) is 0 Å². The molecule has 0 aromatic heterocycles. The Morgan fingerprint density at radius 1 is 1.44 bits per heavy atom. The smallest absolute Gasteiger partial charge is 0.0897 e. The number of nitrogens with one attached hydrogen (secondary N) is 1. The number of ether oxygens (including phenoxy) is 1. The topological polar surface area (TPSA) is 44.7 Å². The fraction of sp³-hybridized carbons (Fsp3) is 1.00. The second-order valence-electron chi connectivity index (χ2n) is 4.93. The second kappa shape index (κ2) is 5.96. The molecule has 4 nitrogen and oxygen atoms in total. The second-order valence-corrected chi connectivity index (χ2v) is 4.93. The lowest BCUT2D eigenvalue weighted by atomic mass is 10.2. The molecule has 2 rings (SSSR count). The number of hydrogen-bond acceptors (Lipinski definition) is 4. The van der Waals surface area contributed by atoms with Crippen molar-refractivity contribution in [2.24, 2.45) is 0 Å². The zero-order valence-electron chi connectivity index (χ0n) is 10.2. The van der Waals surface area contributed by atoms with Crippen LogP contribution in [0.25, 0.3) is 0 Å². The minimum atomic E-state index is -0.366. The van der Waals surface area contributed by atoms with Gasteiger partial charge in [0.2, 0.25) is 0 Å². The molecule has 0 bridgehead atoms. The van der Waals surface area contributed by atoms with E-state index < -0.39 is 0 Å². The Balaban J connectivity index is 1.56. The van der Waals surface area contributed by atoms with Crippen molar-refractivity contribution < 1.29 is 9.84 Å². The molecule has 0 spiro atoms. The van der Waals surface area contributed by atoms with Crippen LogP contribution in [0.15, 0.2) is 0 Å². The van der Waals surface area contributed by atoms with Crippen LogP contribution < -0.4 is 5.32 Å². The van der Waals surface area contributed by atoms with Crippen molar-refractivity contribution in [3.8, 4) is 0 Å². The minimum Gasteiger partial charge on any atom is -0.389 e. The van der Waals surface area contributed by atoms with Gasteiger partial charge in [0, 0.05) is 38.3 Å². The molecule has 0 radical (unpaired) electrons. The molecule has 1 heterocycles. The van der Waals surface area contributed by atoms with E-state index in [2.05, 4.69) is 10.2 Å². The molecular formula is C12H24N2O2. The summed E-state index contributed by atoms with van der Waals surface area (Å²) in [7, 11) is 0. The SMILES string of the molecule is CCOCC(O)CNC1CCN(C2CC2)C1. The number of aliphatic hydroxyl groups excluding tert-OH is 1. The van der Waals surface area contributed by atoms with E-state index in [-0.39, 0.29) is 6.10 Å². The molecule has 1 aliphatic carbocycles. The van der Waals surface area contributed by atoms with E-state index in [1.54, 1.807) is 0 Å². The predicted molar refractivity (Wildman–Crippen MR) is 63.5 cm³/mol. The van der Waals surface area contributed by atoms with Gasteiger partial charge in [0.05, 0.1) is 12.7 Å². The number of aliphatic hydroxyl groups is 1. The highest BCUT2D eigenvalue weighted by atomic mass is 16.5. The van der Waals surface area contributed by atoms with Gasteiger partial charge in [0.15, 0.2) is 0 Å². The van der Waals surface area contributed by atoms with Crippen molar-refractivity contribution in [1.29, 1.82) is 0 Å². The lowest BCUT2D eigenvalue weighted by Crippen LogP contribution is -2.39. The van der Waals surface area contributed by atoms with Crippen molar-refractivity contribution in [1.82, 2.24) is 10.2 Å². The van der Waals surface area contributed by atoms with Gasteiger partial charge < -0.3 is 15.2 Å². The summed E-state index contributed by atoms with van der Waals surface area (Å²) < 4.78 is 5.18. The Bertz CT molecular complexity index is 209. The molecule has 0 amide bonds. The first-order chi connectivity index (χ1) is 7.79. The quantitative estimate of drug-likeness (QED) is 0.654. The van der Waals surface area contributed by atoms with Crippen LogP contribution in [-0.2, 0) is 4.74 Å². The molecule has 2 fully saturated rings. The highest BCUT2D eigenvalue weighted by Gasteiger charge is 2.34. The van der Waals surface area contributed by atoms with Crippen LogP contribution in [0.3, 0.4) is 0 Å². The van der Waals surface area contributed by atoms with Crippen molar-refractivity contribution in [2.45, 2.75) is 44.4 Å². The molecule has 94 valence electrons. The van der Waals surface area contributed by atoms with E-state index >= 15 is 0 Å². The van der Waals surface area contributed by atoms with Crippen LogP contribution in [0.1, 0.15) is 26.2 Å². The van der Waals surface area contributed by atoms with Crippen molar-refractivity contribution in [2.75, 3.05) is 32.8 Å². The van der Waals surface area contributed by atoms with Gasteiger partial charge in [-0.05, 0) is 26.2 Å². The van der Waals surface area contributed by atoms with Crippen molar-refractivity contribution >= 4 is 0 Å². The highest BCUT2D eigenvalue weighted by Crippen LogP contribution is 2.29. The zero-order chi connectivity index (χ0) is 11.4. The maximum absolute atomic E-state index is 9.63. The number of nitrogens with zero attached hydrogens (tertiary/aromatic N) is 1. The maximum atomic E-state index is 9.63. The Morgan fingerprint density at radius 3 is 2.94 bits per heavy atom. The molecule has 2 N–H and O–H groups in total. The standard InChI is InChI=1S/C12H24N2O2/c1-2-16-9-12(15)7-13-10-5-6-14(8-10)11-3-4-11/h10-13,15H,2-9H2,1H3. The Hall–Kier alpha value is -0.160. The zero-order valence-corrected chi connectivity index (χ0v) is 10.2. The number of likely N-dealkylation sites (tertiary alicyclic amines) is 1. The maximum Gasteiger partial charge on any atom is 0.0897 e. The first-order valence-electron chi connectivity index (χ1n) is 6.53. The van der Waals surface area contributed by atoms with E-state index in [4.69, 9.17) is 4.74 Å². The van der Waals surface area contributed by atoms with E-state index in [0.717, 1.165) is 12.6 Å². The first kappa shape index (κ1) is 12.3. The summed E-state index contributed by atoms with van der Waals surface area (Å²) in [5.41, 5.74) is 0. The van der Waals surface area contributed by atoms with Gasteiger partial charge in [0.1, 0.15) is 0 Å². The lowest BCUT2D eigenvalue weighted by molar-refractivity contribution is 0.0415. The van der Waals surface area contributed by atoms with Gasteiger partial charge >= 0.3 is 0 Å². The Kier molecular flexibility index (Phi) is 4.58. The Labute approximate surface area is 98.0 Å². The number of rotatable bonds is 7. The summed E-state index contributed by atoms with van der Waals surface area (Å²) in [6.45, 7) is 6.11. The van der Waals surface area contributed by atoms with E-state index in [1.165, 1.54) is 25.8 Å². The van der Waals surface area contributed by atoms with E-state index in [1.807, 2.05) is 6.92 Å². The van der Waals surface area contributed by atoms with Crippen LogP contribution in [0.5, 0.6) is 0 Å². The summed E-state index contributed by atoms with van der Waals surface area (Å²) in [6, 6.07) is 1.44. The Morgan fingerprint density at radius 2 is 2.25 bits per heavy atom. The average molecular weight is 228 g/mol. The summed E-state index contributed by atoms with van der Waals surface area (Å²) in [4.78, 5) is 2.58. The average Bonchev–Trinajstić information content (AvgIpc) is 3.03. The summed E-state index contributed by atoms with van der Waals surface area (Å²) in [6.07, 6.45) is 3.63. The van der Waals surface area contributed by atoms with Crippen molar-refractivity contribution in [3.63, 3.8) is 0 Å². The van der Waals surface area contributed by atoms with Gasteiger partial charge in [-0.2, -0.15) is 0 Å². The molecule has 0 aromatic carbocycles. The van der Waals surface area contributed by atoms with Crippen LogP contribution in [0.2, 0.25) is 0 Å². The molecular weight excluding hydrogens is 204 g/mol. The third-order valence-electron chi connectivity index (χ3n) is 3.44. The molecule has 2 aliphatic rings. The lowest BCUT2D eigenvalue weighted by Gasteiger charge is -2.17. The first-order valence-corrected chi connectivity index (χ1v) is 6.53. The summed E-state index contributed by atoms with van der Waals surface area (Å²) in [5.74, 6) is 0.